The van der Waals surface area contributed by atoms with E-state index in [2.05, 4.69) is 15.3 Å². The van der Waals surface area contributed by atoms with Gasteiger partial charge in [0.15, 0.2) is 11.6 Å². The highest BCUT2D eigenvalue weighted by Gasteiger charge is 2.23. The Balaban J connectivity index is 1.54. The van der Waals surface area contributed by atoms with Gasteiger partial charge in [-0.2, -0.15) is 0 Å². The van der Waals surface area contributed by atoms with Crippen LogP contribution >= 0.6 is 11.6 Å². The zero-order valence-electron chi connectivity index (χ0n) is 17.0. The lowest BCUT2D eigenvalue weighted by Crippen LogP contribution is -2.36. The SMILES string of the molecule is CC(Oc1cc(-c2ccc(C3CNC[C@@H](F)C3)nc2)cnc1N)c1cc(F)ccc1Cl. The van der Waals surface area contributed by atoms with E-state index >= 15 is 0 Å². The maximum atomic E-state index is 13.7. The first kappa shape index (κ1) is 21.5. The molecule has 3 N–H and O–H groups in total. The van der Waals surface area contributed by atoms with E-state index in [1.807, 2.05) is 12.1 Å². The van der Waals surface area contributed by atoms with Crippen LogP contribution in [-0.4, -0.2) is 29.2 Å². The highest BCUT2D eigenvalue weighted by Crippen LogP contribution is 2.33. The van der Waals surface area contributed by atoms with E-state index < -0.39 is 18.1 Å². The third kappa shape index (κ3) is 4.94. The fraction of sp³-hybridized carbons (Fsp3) is 0.304. The van der Waals surface area contributed by atoms with Crippen molar-refractivity contribution in [3.05, 3.63) is 70.9 Å². The van der Waals surface area contributed by atoms with Crippen molar-refractivity contribution in [1.29, 1.82) is 0 Å². The normalized spacial score (nSPS) is 19.7. The predicted octanol–water partition coefficient (Wildman–Crippen LogP) is 5.07. The van der Waals surface area contributed by atoms with Crippen molar-refractivity contribution < 1.29 is 13.5 Å². The number of pyridine rings is 2. The van der Waals surface area contributed by atoms with E-state index in [1.54, 1.807) is 25.4 Å². The number of nitrogen functional groups attached to an aromatic ring is 1. The summed E-state index contributed by atoms with van der Waals surface area (Å²) < 4.78 is 33.2. The topological polar surface area (TPSA) is 73.1 Å². The lowest BCUT2D eigenvalue weighted by molar-refractivity contribution is 0.227. The molecule has 5 nitrogen and oxygen atoms in total. The molecule has 3 atom stereocenters. The minimum atomic E-state index is -0.852. The van der Waals surface area contributed by atoms with Gasteiger partial charge in [-0.1, -0.05) is 17.7 Å². The molecule has 4 rings (SSSR count). The Labute approximate surface area is 184 Å². The fourth-order valence-corrected chi connectivity index (χ4v) is 3.99. The van der Waals surface area contributed by atoms with Gasteiger partial charge in [-0.15, -0.1) is 0 Å². The summed E-state index contributed by atoms with van der Waals surface area (Å²) in [5.74, 6) is 0.243. The van der Waals surface area contributed by atoms with Gasteiger partial charge in [0.1, 0.15) is 18.1 Å². The van der Waals surface area contributed by atoms with Crippen molar-refractivity contribution in [1.82, 2.24) is 15.3 Å². The third-order valence-electron chi connectivity index (χ3n) is 5.42. The maximum absolute atomic E-state index is 13.7. The van der Waals surface area contributed by atoms with Crippen molar-refractivity contribution in [2.24, 2.45) is 0 Å². The van der Waals surface area contributed by atoms with Crippen LogP contribution in [0.5, 0.6) is 5.75 Å². The number of halogens is 3. The molecule has 3 aromatic rings. The Hall–Kier alpha value is -2.77. The zero-order chi connectivity index (χ0) is 22.0. The molecule has 8 heteroatoms. The van der Waals surface area contributed by atoms with Gasteiger partial charge in [-0.05, 0) is 43.7 Å². The Kier molecular flexibility index (Phi) is 6.34. The number of benzene rings is 1. The quantitative estimate of drug-likeness (QED) is 0.574. The number of nitrogens with two attached hydrogens (primary N) is 1. The monoisotopic (exact) mass is 444 g/mol. The second kappa shape index (κ2) is 9.16. The van der Waals surface area contributed by atoms with Gasteiger partial charge in [0.25, 0.3) is 0 Å². The Morgan fingerprint density at radius 2 is 1.94 bits per heavy atom. The van der Waals surface area contributed by atoms with Crippen LogP contribution in [0.4, 0.5) is 14.6 Å². The van der Waals surface area contributed by atoms with Crippen LogP contribution in [0.2, 0.25) is 5.02 Å². The number of hydrogen-bond acceptors (Lipinski definition) is 5. The Morgan fingerprint density at radius 1 is 1.13 bits per heavy atom. The zero-order valence-corrected chi connectivity index (χ0v) is 17.7. The van der Waals surface area contributed by atoms with E-state index in [0.717, 1.165) is 16.8 Å². The maximum Gasteiger partial charge on any atom is 0.166 e. The molecular weight excluding hydrogens is 422 g/mol. The van der Waals surface area contributed by atoms with Crippen LogP contribution in [0.1, 0.15) is 36.6 Å². The van der Waals surface area contributed by atoms with E-state index in [4.69, 9.17) is 22.1 Å². The lowest BCUT2D eigenvalue weighted by atomic mass is 9.94. The summed E-state index contributed by atoms with van der Waals surface area (Å²) in [6.07, 6.45) is 2.46. The molecule has 3 heterocycles. The van der Waals surface area contributed by atoms with Gasteiger partial charge < -0.3 is 15.8 Å². The molecule has 31 heavy (non-hydrogen) atoms. The average molecular weight is 445 g/mol. The van der Waals surface area contributed by atoms with Crippen molar-refractivity contribution in [3.8, 4) is 16.9 Å². The number of ether oxygens (including phenoxy) is 1. The molecule has 1 saturated heterocycles. The summed E-state index contributed by atoms with van der Waals surface area (Å²) in [4.78, 5) is 8.75. The molecule has 1 fully saturated rings. The summed E-state index contributed by atoms with van der Waals surface area (Å²) in [5.41, 5.74) is 8.97. The molecule has 1 aliphatic heterocycles. The van der Waals surface area contributed by atoms with E-state index in [-0.39, 0.29) is 11.7 Å². The summed E-state index contributed by atoms with van der Waals surface area (Å²) in [5, 5.41) is 3.50. The second-order valence-electron chi connectivity index (χ2n) is 7.69. The van der Waals surface area contributed by atoms with Crippen molar-refractivity contribution in [2.75, 3.05) is 18.8 Å². The number of alkyl halides is 1. The van der Waals surface area contributed by atoms with Crippen LogP contribution < -0.4 is 15.8 Å². The lowest BCUT2D eigenvalue weighted by Gasteiger charge is -2.25. The standard InChI is InChI=1S/C23H23ClF2N4O/c1-13(19-8-17(25)3-4-20(19)24)31-22-7-15(11-30-23(22)27)14-2-5-21(29-10-14)16-6-18(26)12-28-9-16/h2-5,7-8,10-11,13,16,18,28H,6,9,12H2,1H3,(H2,27,30)/t13?,16?,18-/m0/s1. The van der Waals surface area contributed by atoms with Crippen LogP contribution in [0, 0.1) is 5.82 Å². The molecule has 2 unspecified atom stereocenters. The molecule has 0 bridgehead atoms. The minimum absolute atomic E-state index is 0.0538. The number of nitrogens with one attached hydrogen (secondary N) is 1. The first-order valence-corrected chi connectivity index (χ1v) is 10.5. The van der Waals surface area contributed by atoms with Crippen molar-refractivity contribution in [2.45, 2.75) is 31.5 Å². The van der Waals surface area contributed by atoms with Crippen LogP contribution in [0.25, 0.3) is 11.1 Å². The molecule has 0 saturated carbocycles. The highest BCUT2D eigenvalue weighted by molar-refractivity contribution is 6.31. The summed E-state index contributed by atoms with van der Waals surface area (Å²) in [6, 6.07) is 9.72. The molecule has 1 aliphatic rings. The van der Waals surface area contributed by atoms with E-state index in [9.17, 15) is 8.78 Å². The van der Waals surface area contributed by atoms with Gasteiger partial charge in [-0.3, -0.25) is 4.98 Å². The second-order valence-corrected chi connectivity index (χ2v) is 8.10. The van der Waals surface area contributed by atoms with E-state index in [1.165, 1.54) is 18.2 Å². The van der Waals surface area contributed by atoms with E-state index in [0.29, 0.717) is 35.8 Å². The van der Waals surface area contributed by atoms with Gasteiger partial charge in [0.05, 0.1) is 0 Å². The first-order chi connectivity index (χ1) is 14.9. The first-order valence-electron chi connectivity index (χ1n) is 10.1. The van der Waals surface area contributed by atoms with Crippen LogP contribution in [0.15, 0.2) is 48.8 Å². The average Bonchev–Trinajstić information content (AvgIpc) is 2.77. The third-order valence-corrected chi connectivity index (χ3v) is 5.76. The number of hydrogen-bond donors (Lipinski definition) is 2. The largest absolute Gasteiger partial charge is 0.482 e. The van der Waals surface area contributed by atoms with Gasteiger partial charge in [-0.25, -0.2) is 13.8 Å². The fourth-order valence-electron chi connectivity index (χ4n) is 3.72. The van der Waals surface area contributed by atoms with Crippen molar-refractivity contribution in [3.63, 3.8) is 0 Å². The highest BCUT2D eigenvalue weighted by atomic mass is 35.5. The summed E-state index contributed by atoms with van der Waals surface area (Å²) in [6.45, 7) is 2.88. The number of rotatable bonds is 5. The van der Waals surface area contributed by atoms with Gasteiger partial charge >= 0.3 is 0 Å². The summed E-state index contributed by atoms with van der Waals surface area (Å²) in [7, 11) is 0. The molecule has 1 aromatic carbocycles. The Bertz CT molecular complexity index is 1060. The minimum Gasteiger partial charge on any atom is -0.482 e. The van der Waals surface area contributed by atoms with Gasteiger partial charge in [0, 0.05) is 58.8 Å². The van der Waals surface area contributed by atoms with Crippen LogP contribution in [-0.2, 0) is 0 Å². The number of piperidine rings is 1. The molecule has 0 aliphatic carbocycles. The molecule has 0 amide bonds. The number of nitrogens with zero attached hydrogens (tertiary/aromatic N) is 2. The van der Waals surface area contributed by atoms with Crippen molar-refractivity contribution >= 4 is 17.4 Å². The predicted molar refractivity (Wildman–Crippen MR) is 117 cm³/mol. The number of aromatic nitrogens is 2. The molecule has 0 radical (unpaired) electrons. The number of anilines is 1. The Morgan fingerprint density at radius 3 is 2.68 bits per heavy atom. The van der Waals surface area contributed by atoms with Gasteiger partial charge in [0.2, 0.25) is 0 Å². The molecule has 162 valence electrons. The molecule has 2 aromatic heterocycles. The molecule has 0 spiro atoms. The summed E-state index contributed by atoms with van der Waals surface area (Å²) >= 11 is 6.18. The molecular formula is C23H23ClF2N4O. The van der Waals surface area contributed by atoms with Crippen LogP contribution in [0.3, 0.4) is 0 Å². The smallest absolute Gasteiger partial charge is 0.166 e.